The summed E-state index contributed by atoms with van der Waals surface area (Å²) in [6, 6.07) is 39.1. The summed E-state index contributed by atoms with van der Waals surface area (Å²) in [6.45, 7) is 0. The van der Waals surface area contributed by atoms with Gasteiger partial charge in [-0.15, -0.1) is 0 Å². The van der Waals surface area contributed by atoms with Crippen molar-refractivity contribution < 1.29 is 8.83 Å². The van der Waals surface area contributed by atoms with Gasteiger partial charge in [0.15, 0.2) is 11.6 Å². The number of fused-ring (bicyclic) bond motifs is 10. The standard InChI is InChI=1S/C34H19N3O2/c1-2-10-20(11-3-1)32-35-33(31-23-14-6-9-17-27(23)39-34(31)36-32)37-24-15-7-4-12-21(24)29-25(37)18-19-28-30(29)22-13-5-8-16-26(22)38-28/h1-19H. The normalized spacial score (nSPS) is 12.1. The maximum atomic E-state index is 6.31. The number of benzene rings is 5. The Morgan fingerprint density at radius 1 is 0.462 bits per heavy atom. The number of nitrogens with zero attached hydrogens (tertiary/aromatic N) is 3. The van der Waals surface area contributed by atoms with E-state index in [2.05, 4.69) is 59.2 Å². The van der Waals surface area contributed by atoms with Crippen LogP contribution in [-0.2, 0) is 0 Å². The summed E-state index contributed by atoms with van der Waals surface area (Å²) in [7, 11) is 0. The molecule has 0 atom stereocenters. The zero-order valence-electron chi connectivity index (χ0n) is 20.6. The minimum absolute atomic E-state index is 0.570. The van der Waals surface area contributed by atoms with Crippen LogP contribution in [-0.4, -0.2) is 14.5 Å². The van der Waals surface area contributed by atoms with Gasteiger partial charge in [0.2, 0.25) is 5.71 Å². The summed E-state index contributed by atoms with van der Waals surface area (Å²) >= 11 is 0. The van der Waals surface area contributed by atoms with Crippen LogP contribution in [0.5, 0.6) is 0 Å². The first-order valence-electron chi connectivity index (χ1n) is 12.9. The molecule has 9 aromatic rings. The lowest BCUT2D eigenvalue weighted by Gasteiger charge is -2.10. The molecule has 0 aliphatic heterocycles. The molecule has 0 spiro atoms. The highest BCUT2D eigenvalue weighted by Gasteiger charge is 2.23. The Kier molecular flexibility index (Phi) is 3.99. The molecule has 5 nitrogen and oxygen atoms in total. The Hall–Kier alpha value is -5.42. The zero-order chi connectivity index (χ0) is 25.5. The first-order chi connectivity index (χ1) is 19.3. The van der Waals surface area contributed by atoms with Gasteiger partial charge < -0.3 is 8.83 Å². The van der Waals surface area contributed by atoms with Crippen molar-refractivity contribution in [2.24, 2.45) is 0 Å². The highest BCUT2D eigenvalue weighted by Crippen LogP contribution is 2.43. The number of furan rings is 2. The molecule has 0 saturated heterocycles. The molecule has 4 heterocycles. The molecular formula is C34H19N3O2. The van der Waals surface area contributed by atoms with Crippen molar-refractivity contribution in [3.8, 4) is 17.2 Å². The summed E-state index contributed by atoms with van der Waals surface area (Å²) in [5.74, 6) is 1.42. The van der Waals surface area contributed by atoms with Crippen molar-refractivity contribution >= 4 is 65.8 Å². The fourth-order valence-corrected chi connectivity index (χ4v) is 5.99. The van der Waals surface area contributed by atoms with E-state index in [1.54, 1.807) is 0 Å². The van der Waals surface area contributed by atoms with Crippen LogP contribution in [0, 0.1) is 0 Å². The van der Waals surface area contributed by atoms with Gasteiger partial charge in [-0.3, -0.25) is 4.57 Å². The van der Waals surface area contributed by atoms with Crippen molar-refractivity contribution in [3.63, 3.8) is 0 Å². The largest absolute Gasteiger partial charge is 0.456 e. The van der Waals surface area contributed by atoms with Crippen LogP contribution in [0.25, 0.3) is 83.0 Å². The molecule has 5 heteroatoms. The molecule has 0 unspecified atom stereocenters. The topological polar surface area (TPSA) is 57.0 Å². The smallest absolute Gasteiger partial charge is 0.233 e. The number of hydrogen-bond donors (Lipinski definition) is 0. The van der Waals surface area contributed by atoms with E-state index in [4.69, 9.17) is 18.8 Å². The Balaban J connectivity index is 1.51. The van der Waals surface area contributed by atoms with E-state index in [1.807, 2.05) is 60.7 Å². The molecule has 0 aliphatic rings. The van der Waals surface area contributed by atoms with Crippen LogP contribution in [0.2, 0.25) is 0 Å². The van der Waals surface area contributed by atoms with Crippen LogP contribution >= 0.6 is 0 Å². The van der Waals surface area contributed by atoms with Gasteiger partial charge in [0.25, 0.3) is 0 Å². The second-order valence-electron chi connectivity index (χ2n) is 9.80. The van der Waals surface area contributed by atoms with E-state index in [-0.39, 0.29) is 0 Å². The van der Waals surface area contributed by atoms with E-state index < -0.39 is 0 Å². The van der Waals surface area contributed by atoms with Crippen molar-refractivity contribution in [1.82, 2.24) is 14.5 Å². The molecule has 0 saturated carbocycles. The average Bonchev–Trinajstić information content (AvgIpc) is 3.66. The number of para-hydroxylation sites is 3. The fraction of sp³-hybridized carbons (Fsp3) is 0. The minimum atomic E-state index is 0.570. The minimum Gasteiger partial charge on any atom is -0.456 e. The second-order valence-corrected chi connectivity index (χ2v) is 9.80. The third-order valence-corrected chi connectivity index (χ3v) is 7.64. The Bertz CT molecular complexity index is 2390. The molecule has 0 fully saturated rings. The van der Waals surface area contributed by atoms with Gasteiger partial charge in [-0.1, -0.05) is 84.9 Å². The maximum absolute atomic E-state index is 6.31. The first-order valence-corrected chi connectivity index (χ1v) is 12.9. The number of aromatic nitrogens is 3. The Labute approximate surface area is 221 Å². The molecule has 0 N–H and O–H groups in total. The van der Waals surface area contributed by atoms with E-state index in [0.717, 1.165) is 71.5 Å². The van der Waals surface area contributed by atoms with Crippen molar-refractivity contribution in [2.75, 3.05) is 0 Å². The lowest BCUT2D eigenvalue weighted by molar-refractivity contribution is 0.653. The second kappa shape index (κ2) is 7.55. The zero-order valence-corrected chi connectivity index (χ0v) is 20.6. The summed E-state index contributed by atoms with van der Waals surface area (Å²) in [6.07, 6.45) is 0. The predicted octanol–water partition coefficient (Wildman–Crippen LogP) is 9.04. The molecule has 0 radical (unpaired) electrons. The van der Waals surface area contributed by atoms with Gasteiger partial charge in [-0.2, -0.15) is 4.98 Å². The highest BCUT2D eigenvalue weighted by molar-refractivity contribution is 6.27. The van der Waals surface area contributed by atoms with Crippen LogP contribution in [0.1, 0.15) is 0 Å². The summed E-state index contributed by atoms with van der Waals surface area (Å²) < 4.78 is 14.8. The number of hydrogen-bond acceptors (Lipinski definition) is 4. The van der Waals surface area contributed by atoms with Crippen molar-refractivity contribution in [3.05, 3.63) is 115 Å². The van der Waals surface area contributed by atoms with E-state index in [0.29, 0.717) is 11.5 Å². The highest BCUT2D eigenvalue weighted by atomic mass is 16.3. The van der Waals surface area contributed by atoms with E-state index in [9.17, 15) is 0 Å². The number of rotatable bonds is 2. The van der Waals surface area contributed by atoms with Gasteiger partial charge in [0.05, 0.1) is 16.4 Å². The van der Waals surface area contributed by atoms with Crippen molar-refractivity contribution in [2.45, 2.75) is 0 Å². The lowest BCUT2D eigenvalue weighted by atomic mass is 10.1. The summed E-state index contributed by atoms with van der Waals surface area (Å²) in [5, 5.41) is 6.39. The monoisotopic (exact) mass is 501 g/mol. The molecule has 5 aromatic carbocycles. The summed E-state index contributed by atoms with van der Waals surface area (Å²) in [4.78, 5) is 10.1. The van der Waals surface area contributed by atoms with Gasteiger partial charge in [-0.25, -0.2) is 4.98 Å². The summed E-state index contributed by atoms with van der Waals surface area (Å²) in [5.41, 5.74) is 6.17. The van der Waals surface area contributed by atoms with E-state index >= 15 is 0 Å². The van der Waals surface area contributed by atoms with Gasteiger partial charge in [-0.05, 0) is 30.3 Å². The van der Waals surface area contributed by atoms with Crippen LogP contribution in [0.3, 0.4) is 0 Å². The SMILES string of the molecule is c1ccc(-c2nc(-n3c4ccccc4c4c5c(ccc43)oc3ccccc35)c3c(n2)oc2ccccc23)cc1. The molecule has 39 heavy (non-hydrogen) atoms. The first kappa shape index (κ1) is 20.6. The van der Waals surface area contributed by atoms with Crippen LogP contribution in [0.4, 0.5) is 0 Å². The third-order valence-electron chi connectivity index (χ3n) is 7.64. The average molecular weight is 502 g/mol. The Morgan fingerprint density at radius 3 is 1.95 bits per heavy atom. The molecular weight excluding hydrogens is 482 g/mol. The third kappa shape index (κ3) is 2.79. The molecule has 0 aliphatic carbocycles. The van der Waals surface area contributed by atoms with E-state index in [1.165, 1.54) is 0 Å². The van der Waals surface area contributed by atoms with Crippen LogP contribution < -0.4 is 0 Å². The lowest BCUT2D eigenvalue weighted by Crippen LogP contribution is -2.01. The quantitative estimate of drug-likeness (QED) is 0.237. The van der Waals surface area contributed by atoms with Crippen molar-refractivity contribution in [1.29, 1.82) is 0 Å². The van der Waals surface area contributed by atoms with Gasteiger partial charge >= 0.3 is 0 Å². The fourth-order valence-electron chi connectivity index (χ4n) is 5.99. The maximum Gasteiger partial charge on any atom is 0.233 e. The Morgan fingerprint density at radius 2 is 1.13 bits per heavy atom. The molecule has 182 valence electrons. The molecule has 0 amide bonds. The van der Waals surface area contributed by atoms with Crippen LogP contribution in [0.15, 0.2) is 124 Å². The predicted molar refractivity (Wildman–Crippen MR) is 156 cm³/mol. The molecule has 9 rings (SSSR count). The molecule has 0 bridgehead atoms. The molecule has 4 aromatic heterocycles. The van der Waals surface area contributed by atoms with Gasteiger partial charge in [0, 0.05) is 32.5 Å². The van der Waals surface area contributed by atoms with Gasteiger partial charge in [0.1, 0.15) is 16.7 Å².